The van der Waals surface area contributed by atoms with Crippen molar-refractivity contribution in [1.29, 1.82) is 0 Å². The average Bonchev–Trinajstić information content (AvgIpc) is 3.51. The number of rotatable bonds is 6. The zero-order valence-corrected chi connectivity index (χ0v) is 25.2. The van der Waals surface area contributed by atoms with Gasteiger partial charge in [0, 0.05) is 11.8 Å². The molecule has 0 aromatic carbocycles. The molecule has 8 bridgehead atoms. The minimum Gasteiger partial charge on any atom is -0.462 e. The first-order chi connectivity index (χ1) is 19.7. The first-order valence-electron chi connectivity index (χ1n) is 17.1. The number of allylic oxidation sites excluding steroid dienone is 1. The molecule has 0 amide bonds. The molecular formula is C35H50O6. The zero-order chi connectivity index (χ0) is 28.0. The molecule has 6 nitrogen and oxygen atoms in total. The van der Waals surface area contributed by atoms with E-state index in [1.807, 2.05) is 0 Å². The summed E-state index contributed by atoms with van der Waals surface area (Å²) in [5.74, 6) is 3.36. The average molecular weight is 567 g/mol. The van der Waals surface area contributed by atoms with Crippen LogP contribution in [0.1, 0.15) is 110 Å². The summed E-state index contributed by atoms with van der Waals surface area (Å²) in [6, 6.07) is 0. The van der Waals surface area contributed by atoms with Crippen LogP contribution < -0.4 is 0 Å². The molecule has 1 saturated heterocycles. The Hall–Kier alpha value is -1.40. The van der Waals surface area contributed by atoms with Crippen molar-refractivity contribution in [3.05, 3.63) is 11.6 Å². The molecular weight excluding hydrogens is 516 g/mol. The van der Waals surface area contributed by atoms with Crippen LogP contribution >= 0.6 is 0 Å². The van der Waals surface area contributed by atoms with Crippen LogP contribution in [0.2, 0.25) is 0 Å². The van der Waals surface area contributed by atoms with Crippen molar-refractivity contribution >= 4 is 11.9 Å². The normalized spacial score (nSPS) is 51.1. The summed E-state index contributed by atoms with van der Waals surface area (Å²) in [7, 11) is 0. The van der Waals surface area contributed by atoms with Gasteiger partial charge >= 0.3 is 11.9 Å². The van der Waals surface area contributed by atoms with Crippen LogP contribution in [0.5, 0.6) is 0 Å². The summed E-state index contributed by atoms with van der Waals surface area (Å²) in [5, 5.41) is 0. The summed E-state index contributed by atoms with van der Waals surface area (Å²) in [6.45, 7) is 4.71. The van der Waals surface area contributed by atoms with Gasteiger partial charge in [0.25, 0.3) is 0 Å². The van der Waals surface area contributed by atoms with Gasteiger partial charge in [-0.2, -0.15) is 0 Å². The number of carbonyl (C=O) groups is 2. The lowest BCUT2D eigenvalue weighted by Crippen LogP contribution is -2.46. The minimum absolute atomic E-state index is 0.0317. The van der Waals surface area contributed by atoms with Gasteiger partial charge < -0.3 is 18.9 Å². The van der Waals surface area contributed by atoms with Crippen molar-refractivity contribution in [1.82, 2.24) is 0 Å². The van der Waals surface area contributed by atoms with E-state index in [0.29, 0.717) is 35.5 Å². The van der Waals surface area contributed by atoms with E-state index in [2.05, 4.69) is 19.9 Å². The predicted molar refractivity (Wildman–Crippen MR) is 152 cm³/mol. The molecule has 8 aliphatic carbocycles. The largest absolute Gasteiger partial charge is 0.462 e. The number of carbonyl (C=O) groups excluding carboxylic acids is 2. The van der Waals surface area contributed by atoms with Crippen molar-refractivity contribution in [2.75, 3.05) is 13.2 Å². The van der Waals surface area contributed by atoms with E-state index in [1.54, 1.807) is 0 Å². The second-order valence-electron chi connectivity index (χ2n) is 16.3. The molecule has 6 heteroatoms. The van der Waals surface area contributed by atoms with E-state index in [9.17, 15) is 9.59 Å². The molecule has 0 radical (unpaired) electrons. The van der Waals surface area contributed by atoms with Crippen molar-refractivity contribution in [2.24, 2.45) is 52.3 Å². The summed E-state index contributed by atoms with van der Waals surface area (Å²) in [4.78, 5) is 27.3. The van der Waals surface area contributed by atoms with Crippen LogP contribution in [0.4, 0.5) is 0 Å². The van der Waals surface area contributed by atoms with Crippen LogP contribution in [0.3, 0.4) is 0 Å². The molecule has 0 N–H and O–H groups in total. The molecule has 1 spiro atoms. The highest BCUT2D eigenvalue weighted by molar-refractivity contribution is 5.79. The first-order valence-corrected chi connectivity index (χ1v) is 17.1. The lowest BCUT2D eigenvalue weighted by Gasteiger charge is -2.45. The predicted octanol–water partition coefficient (Wildman–Crippen LogP) is 6.75. The molecule has 226 valence electrons. The maximum Gasteiger partial charge on any atom is 0.315 e. The number of ether oxygens (including phenoxy) is 4. The van der Waals surface area contributed by atoms with Crippen molar-refractivity contribution in [2.45, 2.75) is 128 Å². The molecule has 12 unspecified atom stereocenters. The van der Waals surface area contributed by atoms with Gasteiger partial charge in [-0.25, -0.2) is 0 Å². The lowest BCUT2D eigenvalue weighted by atomic mass is 9.59. The Morgan fingerprint density at radius 1 is 0.878 bits per heavy atom. The van der Waals surface area contributed by atoms with Gasteiger partial charge in [0.1, 0.15) is 25.4 Å². The van der Waals surface area contributed by atoms with E-state index in [-0.39, 0.29) is 36.7 Å². The Kier molecular flexibility index (Phi) is 6.50. The second-order valence-corrected chi connectivity index (χ2v) is 16.3. The molecule has 0 aromatic rings. The standard InChI is InChI=1S/C35H50O6/c1-21-9-22-7-4-8-34(15-21,18-22)32(37)39-20-30-29(40-35(41-30)27-12-25-11-26(14-27)28(35)13-25)19-38-31(36)33(2)16-23-5-3-6-24(10-23)17-33/h16,21-22,24-30H,3-15,17-20H2,1-2H3. The molecule has 9 rings (SSSR count). The van der Waals surface area contributed by atoms with Gasteiger partial charge in [-0.05, 0) is 120 Å². The monoisotopic (exact) mass is 566 g/mol. The van der Waals surface area contributed by atoms with Gasteiger partial charge in [0.05, 0.1) is 10.8 Å². The third-order valence-electron chi connectivity index (χ3n) is 13.1. The van der Waals surface area contributed by atoms with Crippen LogP contribution in [0.25, 0.3) is 0 Å². The quantitative estimate of drug-likeness (QED) is 0.262. The Balaban J connectivity index is 0.981. The molecule has 9 aliphatic rings. The fourth-order valence-corrected chi connectivity index (χ4v) is 11.8. The topological polar surface area (TPSA) is 71.1 Å². The van der Waals surface area contributed by atoms with Crippen molar-refractivity contribution in [3.8, 4) is 0 Å². The molecule has 7 saturated carbocycles. The SMILES string of the molecule is CC1CC2CCCC(C(=O)OCC3OC4(OC3COC(=O)C3(C)C=C5CCCC(C5)C3)C3CC5CC(C3)C4C5)(C1)C2. The smallest absolute Gasteiger partial charge is 0.315 e. The Bertz CT molecular complexity index is 1110. The summed E-state index contributed by atoms with van der Waals surface area (Å²) < 4.78 is 26.1. The highest BCUT2D eigenvalue weighted by Crippen LogP contribution is 2.66. The Labute approximate surface area is 245 Å². The number of esters is 2. The molecule has 1 aliphatic heterocycles. The van der Waals surface area contributed by atoms with E-state index in [4.69, 9.17) is 18.9 Å². The number of fused-ring (bicyclic) bond motifs is 4. The van der Waals surface area contributed by atoms with Crippen molar-refractivity contribution in [3.63, 3.8) is 0 Å². The van der Waals surface area contributed by atoms with E-state index in [1.165, 1.54) is 56.9 Å². The first kappa shape index (κ1) is 27.2. The molecule has 1 heterocycles. The van der Waals surface area contributed by atoms with Gasteiger partial charge in [0.2, 0.25) is 0 Å². The van der Waals surface area contributed by atoms with Gasteiger partial charge in [-0.1, -0.05) is 31.4 Å². The summed E-state index contributed by atoms with van der Waals surface area (Å²) in [5.41, 5.74) is 0.540. The Morgan fingerprint density at radius 3 is 2.44 bits per heavy atom. The van der Waals surface area contributed by atoms with E-state index in [0.717, 1.165) is 50.9 Å². The van der Waals surface area contributed by atoms with Crippen LogP contribution in [-0.4, -0.2) is 43.1 Å². The third-order valence-corrected chi connectivity index (χ3v) is 13.1. The fourth-order valence-electron chi connectivity index (χ4n) is 11.8. The maximum absolute atomic E-state index is 13.7. The minimum atomic E-state index is -0.590. The van der Waals surface area contributed by atoms with Crippen LogP contribution in [0.15, 0.2) is 11.6 Å². The lowest BCUT2D eigenvalue weighted by molar-refractivity contribution is -0.243. The van der Waals surface area contributed by atoms with E-state index >= 15 is 0 Å². The molecule has 8 fully saturated rings. The molecule has 0 aromatic heterocycles. The molecule has 12 atom stereocenters. The molecule has 41 heavy (non-hydrogen) atoms. The van der Waals surface area contributed by atoms with Gasteiger partial charge in [-0.15, -0.1) is 0 Å². The Morgan fingerprint density at radius 2 is 1.66 bits per heavy atom. The number of hydrogen-bond acceptors (Lipinski definition) is 6. The van der Waals surface area contributed by atoms with Crippen LogP contribution in [0, 0.1) is 52.3 Å². The van der Waals surface area contributed by atoms with Gasteiger partial charge in [-0.3, -0.25) is 9.59 Å². The summed E-state index contributed by atoms with van der Waals surface area (Å²) >= 11 is 0. The summed E-state index contributed by atoms with van der Waals surface area (Å²) in [6.07, 6.45) is 18.3. The van der Waals surface area contributed by atoms with E-state index < -0.39 is 17.3 Å². The maximum atomic E-state index is 13.7. The highest BCUT2D eigenvalue weighted by atomic mass is 16.8. The van der Waals surface area contributed by atoms with Crippen LogP contribution in [-0.2, 0) is 28.5 Å². The van der Waals surface area contributed by atoms with Gasteiger partial charge in [0.15, 0.2) is 5.79 Å². The second kappa shape index (κ2) is 9.81. The zero-order valence-electron chi connectivity index (χ0n) is 25.2. The fraction of sp³-hybridized carbons (Fsp3) is 0.886. The third kappa shape index (κ3) is 4.47. The van der Waals surface area contributed by atoms with Crippen molar-refractivity contribution < 1.29 is 28.5 Å². The highest BCUT2D eigenvalue weighted by Gasteiger charge is 2.68. The number of hydrogen-bond donors (Lipinski definition) is 0.